The fourth-order valence-corrected chi connectivity index (χ4v) is 2.21. The zero-order chi connectivity index (χ0) is 16.2. The van der Waals surface area contributed by atoms with E-state index >= 15 is 0 Å². The Balaban J connectivity index is 1.87. The van der Waals surface area contributed by atoms with Gasteiger partial charge in [0.15, 0.2) is 0 Å². The minimum atomic E-state index is -4.50. The summed E-state index contributed by atoms with van der Waals surface area (Å²) in [7, 11) is 0. The number of hydrogen-bond donors (Lipinski definition) is 1. The van der Waals surface area contributed by atoms with Crippen molar-refractivity contribution in [3.63, 3.8) is 0 Å². The quantitative estimate of drug-likeness (QED) is 0.894. The van der Waals surface area contributed by atoms with Crippen molar-refractivity contribution in [1.82, 2.24) is 0 Å². The van der Waals surface area contributed by atoms with Crippen LogP contribution in [0, 0.1) is 0 Å². The number of anilines is 1. The van der Waals surface area contributed by atoms with Crippen LogP contribution in [0.2, 0.25) is 5.02 Å². The topological polar surface area (TPSA) is 47.6 Å². The molecule has 0 radical (unpaired) electrons. The lowest BCUT2D eigenvalue weighted by Crippen LogP contribution is -2.22. The normalized spacial score (nSPS) is 18.5. The molecule has 1 saturated heterocycles. The van der Waals surface area contributed by atoms with Crippen molar-refractivity contribution in [3.05, 3.63) is 28.8 Å². The first-order valence-corrected chi connectivity index (χ1v) is 7.10. The molecule has 1 aromatic rings. The van der Waals surface area contributed by atoms with Gasteiger partial charge >= 0.3 is 6.18 Å². The Morgan fingerprint density at radius 1 is 1.45 bits per heavy atom. The fraction of sp³-hybridized carbons (Fsp3) is 0.500. The smallest absolute Gasteiger partial charge is 0.376 e. The van der Waals surface area contributed by atoms with Gasteiger partial charge < -0.3 is 14.8 Å². The van der Waals surface area contributed by atoms with Crippen molar-refractivity contribution in [2.24, 2.45) is 0 Å². The molecule has 8 heteroatoms. The van der Waals surface area contributed by atoms with E-state index in [1.54, 1.807) is 0 Å². The third-order valence-corrected chi connectivity index (χ3v) is 3.46. The summed E-state index contributed by atoms with van der Waals surface area (Å²) in [5.74, 6) is -0.570. The first kappa shape index (κ1) is 17.1. The van der Waals surface area contributed by atoms with Crippen LogP contribution in [0.5, 0.6) is 0 Å². The lowest BCUT2D eigenvalue weighted by atomic mass is 10.2. The zero-order valence-electron chi connectivity index (χ0n) is 11.6. The molecular weight excluding hydrogens is 323 g/mol. The summed E-state index contributed by atoms with van der Waals surface area (Å²) >= 11 is 5.79. The van der Waals surface area contributed by atoms with Crippen LogP contribution in [0.1, 0.15) is 18.4 Å². The molecule has 1 N–H and O–H groups in total. The zero-order valence-corrected chi connectivity index (χ0v) is 12.3. The Morgan fingerprint density at radius 2 is 2.23 bits per heavy atom. The number of benzene rings is 1. The molecule has 1 aromatic carbocycles. The fourth-order valence-electron chi connectivity index (χ4n) is 2.04. The van der Waals surface area contributed by atoms with Gasteiger partial charge in [0.1, 0.15) is 6.61 Å². The van der Waals surface area contributed by atoms with Crippen molar-refractivity contribution in [2.45, 2.75) is 25.1 Å². The maximum atomic E-state index is 12.6. The van der Waals surface area contributed by atoms with Crippen molar-refractivity contribution in [1.29, 1.82) is 0 Å². The van der Waals surface area contributed by atoms with E-state index in [9.17, 15) is 18.0 Å². The second kappa shape index (κ2) is 7.30. The number of alkyl halides is 3. The van der Waals surface area contributed by atoms with Gasteiger partial charge in [-0.15, -0.1) is 0 Å². The average Bonchev–Trinajstić information content (AvgIpc) is 2.93. The van der Waals surface area contributed by atoms with E-state index in [0.29, 0.717) is 6.61 Å². The highest BCUT2D eigenvalue weighted by molar-refractivity contribution is 6.33. The molecular formula is C14H15ClF3NO3. The van der Waals surface area contributed by atoms with Gasteiger partial charge in [-0.05, 0) is 31.0 Å². The maximum absolute atomic E-state index is 12.6. The molecule has 2 rings (SSSR count). The minimum absolute atomic E-state index is 0.0232. The van der Waals surface area contributed by atoms with Gasteiger partial charge in [0, 0.05) is 6.61 Å². The Hall–Kier alpha value is -1.31. The largest absolute Gasteiger partial charge is 0.416 e. The van der Waals surface area contributed by atoms with E-state index in [4.69, 9.17) is 21.1 Å². The van der Waals surface area contributed by atoms with Gasteiger partial charge in [0.2, 0.25) is 5.91 Å². The summed E-state index contributed by atoms with van der Waals surface area (Å²) in [5.41, 5.74) is -0.977. The van der Waals surface area contributed by atoms with Crippen LogP contribution < -0.4 is 5.32 Å². The van der Waals surface area contributed by atoms with Crippen LogP contribution in [-0.4, -0.2) is 31.8 Å². The minimum Gasteiger partial charge on any atom is -0.376 e. The lowest BCUT2D eigenvalue weighted by molar-refractivity contribution is -0.137. The highest BCUT2D eigenvalue weighted by atomic mass is 35.5. The van der Waals surface area contributed by atoms with Crippen molar-refractivity contribution in [2.75, 3.05) is 25.1 Å². The standard InChI is InChI=1S/C14H15ClF3NO3/c15-11-4-3-9(14(16,17)18)6-12(11)19-13(20)8-21-7-10-2-1-5-22-10/h3-4,6,10H,1-2,5,7-8H2,(H,19,20). The van der Waals surface area contributed by atoms with E-state index in [1.807, 2.05) is 0 Å². The molecule has 0 aromatic heterocycles. The molecule has 0 bridgehead atoms. The number of nitrogens with one attached hydrogen (secondary N) is 1. The molecule has 1 fully saturated rings. The van der Waals surface area contributed by atoms with Crippen LogP contribution in [0.15, 0.2) is 18.2 Å². The van der Waals surface area contributed by atoms with Crippen LogP contribution >= 0.6 is 11.6 Å². The molecule has 0 saturated carbocycles. The molecule has 22 heavy (non-hydrogen) atoms. The first-order chi connectivity index (χ1) is 10.4. The Kier molecular flexibility index (Phi) is 5.66. The Morgan fingerprint density at radius 3 is 2.86 bits per heavy atom. The van der Waals surface area contributed by atoms with Crippen molar-refractivity contribution in [3.8, 4) is 0 Å². The van der Waals surface area contributed by atoms with Gasteiger partial charge in [0.25, 0.3) is 0 Å². The average molecular weight is 338 g/mol. The first-order valence-electron chi connectivity index (χ1n) is 6.72. The molecule has 1 heterocycles. The highest BCUT2D eigenvalue weighted by Crippen LogP contribution is 2.33. The molecule has 1 atom stereocenters. The van der Waals surface area contributed by atoms with E-state index < -0.39 is 17.6 Å². The second-order valence-electron chi connectivity index (χ2n) is 4.89. The number of ether oxygens (including phenoxy) is 2. The van der Waals surface area contributed by atoms with Gasteiger partial charge in [-0.25, -0.2) is 0 Å². The maximum Gasteiger partial charge on any atom is 0.416 e. The van der Waals surface area contributed by atoms with E-state index in [2.05, 4.69) is 5.32 Å². The summed E-state index contributed by atoms with van der Waals surface area (Å²) in [4.78, 5) is 11.7. The third kappa shape index (κ3) is 4.86. The number of carbonyl (C=O) groups excluding carboxylic acids is 1. The van der Waals surface area contributed by atoms with Crippen molar-refractivity contribution >= 4 is 23.2 Å². The Labute approximate surface area is 130 Å². The summed E-state index contributed by atoms with van der Waals surface area (Å²) in [6, 6.07) is 2.74. The molecule has 122 valence electrons. The monoisotopic (exact) mass is 337 g/mol. The number of amides is 1. The molecule has 0 aliphatic carbocycles. The number of carbonyl (C=O) groups is 1. The third-order valence-electron chi connectivity index (χ3n) is 3.13. The number of hydrogen-bond acceptors (Lipinski definition) is 3. The summed E-state index contributed by atoms with van der Waals surface area (Å²) in [5, 5.41) is 2.34. The van der Waals surface area contributed by atoms with Crippen LogP contribution in [0.4, 0.5) is 18.9 Å². The highest BCUT2D eigenvalue weighted by Gasteiger charge is 2.31. The SMILES string of the molecule is O=C(COCC1CCCO1)Nc1cc(C(F)(F)F)ccc1Cl. The van der Waals surface area contributed by atoms with Crippen molar-refractivity contribution < 1.29 is 27.4 Å². The number of rotatable bonds is 5. The van der Waals surface area contributed by atoms with Gasteiger partial charge in [-0.3, -0.25) is 4.79 Å². The molecule has 1 aliphatic rings. The predicted octanol–water partition coefficient (Wildman–Crippen LogP) is 3.49. The van der Waals surface area contributed by atoms with Crippen LogP contribution in [-0.2, 0) is 20.4 Å². The molecule has 0 spiro atoms. The summed E-state index contributed by atoms with van der Waals surface area (Å²) in [6.07, 6.45) is -2.69. The van der Waals surface area contributed by atoms with Crippen LogP contribution in [0.3, 0.4) is 0 Å². The van der Waals surface area contributed by atoms with Gasteiger partial charge in [-0.2, -0.15) is 13.2 Å². The molecule has 1 amide bonds. The second-order valence-corrected chi connectivity index (χ2v) is 5.30. The summed E-state index contributed by atoms with van der Waals surface area (Å²) in [6.45, 7) is 0.691. The summed E-state index contributed by atoms with van der Waals surface area (Å²) < 4.78 is 48.4. The van der Waals surface area contributed by atoms with E-state index in [-0.39, 0.29) is 30.0 Å². The predicted molar refractivity (Wildman–Crippen MR) is 74.9 cm³/mol. The van der Waals surface area contributed by atoms with E-state index in [0.717, 1.165) is 31.0 Å². The number of halogens is 4. The lowest BCUT2D eigenvalue weighted by Gasteiger charge is -2.13. The molecule has 1 aliphatic heterocycles. The van der Waals surface area contributed by atoms with Gasteiger partial charge in [-0.1, -0.05) is 11.6 Å². The van der Waals surface area contributed by atoms with Gasteiger partial charge in [0.05, 0.1) is 29.0 Å². The van der Waals surface area contributed by atoms with Crippen LogP contribution in [0.25, 0.3) is 0 Å². The molecule has 4 nitrogen and oxygen atoms in total. The molecule has 1 unspecified atom stereocenters. The Bertz CT molecular complexity index is 531. The van der Waals surface area contributed by atoms with E-state index in [1.165, 1.54) is 0 Å².